The molecule has 286 valence electrons. The first-order chi connectivity index (χ1) is 26.2. The van der Waals surface area contributed by atoms with Crippen LogP contribution in [0.5, 0.6) is 23.0 Å². The number of aromatic nitrogens is 2. The number of imidazole rings is 1. The van der Waals surface area contributed by atoms with Crippen molar-refractivity contribution < 1.29 is 38.1 Å². The van der Waals surface area contributed by atoms with E-state index in [9.17, 15) is 19.2 Å². The Morgan fingerprint density at radius 2 is 1.57 bits per heavy atom. The number of amides is 4. The summed E-state index contributed by atoms with van der Waals surface area (Å²) in [5.41, 5.74) is 1.88. The van der Waals surface area contributed by atoms with Gasteiger partial charge in [-0.05, 0) is 55.3 Å². The third-order valence-corrected chi connectivity index (χ3v) is 8.80. The summed E-state index contributed by atoms with van der Waals surface area (Å²) in [6.45, 7) is 2.87. The summed E-state index contributed by atoms with van der Waals surface area (Å²) in [6, 6.07) is 17.9. The van der Waals surface area contributed by atoms with Crippen LogP contribution in [-0.2, 0) is 27.3 Å². The normalized spacial score (nSPS) is 18.1. The van der Waals surface area contributed by atoms with Gasteiger partial charge >= 0.3 is 0 Å². The SMILES string of the molecule is COc1ccc(-n2ccnc2CN2CCNC(=O)[C@@H](Cc3ccccc3)NC(=O)[C@H](C)NC(=O)c3cc(OC)c(c(OC)c3)OCCCNC(=O)C2)cc1. The van der Waals surface area contributed by atoms with Gasteiger partial charge in [-0.25, -0.2) is 4.98 Å². The molecular formula is C39H47N7O8. The lowest BCUT2D eigenvalue weighted by molar-refractivity contribution is -0.129. The van der Waals surface area contributed by atoms with E-state index in [0.29, 0.717) is 37.6 Å². The summed E-state index contributed by atoms with van der Waals surface area (Å²) in [5, 5.41) is 11.4. The minimum absolute atomic E-state index is 0.0245. The van der Waals surface area contributed by atoms with Gasteiger partial charge in [0.15, 0.2) is 11.5 Å². The molecule has 1 aromatic heterocycles. The Morgan fingerprint density at radius 3 is 2.26 bits per heavy atom. The van der Waals surface area contributed by atoms with Gasteiger partial charge in [0.05, 0.1) is 41.0 Å². The van der Waals surface area contributed by atoms with Crippen LogP contribution in [-0.4, -0.2) is 104 Å². The first kappa shape index (κ1) is 39.1. The molecule has 15 heteroatoms. The minimum atomic E-state index is -1.00. The molecule has 3 heterocycles. The smallest absolute Gasteiger partial charge is 0.252 e. The van der Waals surface area contributed by atoms with Crippen molar-refractivity contribution >= 4 is 23.6 Å². The van der Waals surface area contributed by atoms with E-state index in [2.05, 4.69) is 26.3 Å². The maximum absolute atomic E-state index is 13.7. The van der Waals surface area contributed by atoms with E-state index in [1.54, 1.807) is 13.3 Å². The van der Waals surface area contributed by atoms with Gasteiger partial charge in [-0.2, -0.15) is 0 Å². The van der Waals surface area contributed by atoms with Crippen LogP contribution in [0.25, 0.3) is 5.69 Å². The second-order valence-corrected chi connectivity index (χ2v) is 12.6. The number of carbonyl (C=O) groups is 4. The molecular weight excluding hydrogens is 694 g/mol. The fourth-order valence-corrected chi connectivity index (χ4v) is 5.89. The number of ether oxygens (including phenoxy) is 4. The number of hydrogen-bond donors (Lipinski definition) is 4. The van der Waals surface area contributed by atoms with Crippen LogP contribution >= 0.6 is 0 Å². The zero-order valence-electron chi connectivity index (χ0n) is 30.9. The van der Waals surface area contributed by atoms with Gasteiger partial charge in [-0.3, -0.25) is 24.1 Å². The number of rotatable bonds is 8. The van der Waals surface area contributed by atoms with E-state index in [-0.39, 0.29) is 49.1 Å². The largest absolute Gasteiger partial charge is 0.497 e. The van der Waals surface area contributed by atoms with Crippen LogP contribution in [0.2, 0.25) is 0 Å². The van der Waals surface area contributed by atoms with Crippen LogP contribution in [0, 0.1) is 0 Å². The molecule has 4 amide bonds. The lowest BCUT2D eigenvalue weighted by atomic mass is 10.0. The van der Waals surface area contributed by atoms with Crippen LogP contribution < -0.4 is 40.2 Å². The molecule has 0 spiro atoms. The molecule has 0 saturated carbocycles. The number of carbonyl (C=O) groups excluding carboxylic acids is 4. The molecule has 0 saturated heterocycles. The average molecular weight is 742 g/mol. The van der Waals surface area contributed by atoms with Gasteiger partial charge in [0, 0.05) is 49.7 Å². The van der Waals surface area contributed by atoms with Gasteiger partial charge < -0.3 is 44.8 Å². The van der Waals surface area contributed by atoms with Crippen molar-refractivity contribution in [2.75, 3.05) is 54.1 Å². The number of nitrogens with zero attached hydrogens (tertiary/aromatic N) is 3. The highest BCUT2D eigenvalue weighted by Crippen LogP contribution is 2.38. The van der Waals surface area contributed by atoms with Gasteiger partial charge in [0.1, 0.15) is 23.7 Å². The Labute approximate surface area is 314 Å². The van der Waals surface area contributed by atoms with E-state index in [0.717, 1.165) is 17.0 Å². The number of methoxy groups -OCH3 is 3. The van der Waals surface area contributed by atoms with Crippen molar-refractivity contribution in [2.24, 2.45) is 0 Å². The van der Waals surface area contributed by atoms with Gasteiger partial charge in [-0.15, -0.1) is 0 Å². The van der Waals surface area contributed by atoms with Gasteiger partial charge in [0.2, 0.25) is 23.5 Å². The molecule has 2 aliphatic heterocycles. The molecule has 4 aromatic rings. The summed E-state index contributed by atoms with van der Waals surface area (Å²) in [6.07, 6.45) is 4.21. The van der Waals surface area contributed by atoms with Crippen molar-refractivity contribution in [3.63, 3.8) is 0 Å². The molecule has 15 nitrogen and oxygen atoms in total. The fraction of sp³-hybridized carbons (Fsp3) is 0.359. The monoisotopic (exact) mass is 741 g/mol. The van der Waals surface area contributed by atoms with Crippen LogP contribution in [0.3, 0.4) is 0 Å². The second kappa shape index (κ2) is 19.1. The topological polar surface area (TPSA) is 174 Å². The molecule has 0 fully saturated rings. The maximum atomic E-state index is 13.7. The van der Waals surface area contributed by atoms with Crippen LogP contribution in [0.1, 0.15) is 35.1 Å². The van der Waals surface area contributed by atoms with Crippen molar-refractivity contribution in [2.45, 2.75) is 38.4 Å². The standard InChI is InChI=1S/C39H47N7O8/c1-26-37(48)44-31(21-27-9-6-5-7-10-27)39(50)42-16-18-45(24-34-40-17-19-46(34)29-11-13-30(51-2)14-12-29)25-35(47)41-15-8-20-54-36-32(52-3)22-28(38(49)43-26)23-33(36)53-4/h5-7,9-14,17,19,22-23,26,31H,8,15-16,18,20-21,24-25H2,1-4H3,(H,41,47)(H,42,50)(H,43,49)(H,44,48)/t26-,31+/m0/s1. The fourth-order valence-electron chi connectivity index (χ4n) is 5.89. The molecule has 2 atom stereocenters. The molecule has 54 heavy (non-hydrogen) atoms. The van der Waals surface area contributed by atoms with E-state index >= 15 is 0 Å². The first-order valence-electron chi connectivity index (χ1n) is 17.7. The minimum Gasteiger partial charge on any atom is -0.497 e. The summed E-state index contributed by atoms with van der Waals surface area (Å²) >= 11 is 0. The predicted molar refractivity (Wildman–Crippen MR) is 200 cm³/mol. The Bertz CT molecular complexity index is 1860. The zero-order valence-corrected chi connectivity index (χ0v) is 30.9. The lowest BCUT2D eigenvalue weighted by Crippen LogP contribution is -2.54. The number of fused-ring (bicyclic) bond motifs is 19. The third-order valence-electron chi connectivity index (χ3n) is 8.80. The van der Waals surface area contributed by atoms with E-state index < -0.39 is 29.8 Å². The van der Waals surface area contributed by atoms with Crippen molar-refractivity contribution in [3.05, 3.63) is 96.1 Å². The molecule has 2 aliphatic rings. The Balaban J connectivity index is 1.39. The van der Waals surface area contributed by atoms with E-state index in [1.807, 2.05) is 70.3 Å². The lowest BCUT2D eigenvalue weighted by Gasteiger charge is -2.24. The first-order valence-corrected chi connectivity index (χ1v) is 17.7. The third kappa shape index (κ3) is 10.5. The highest BCUT2D eigenvalue weighted by atomic mass is 16.5. The number of benzene rings is 3. The van der Waals surface area contributed by atoms with E-state index in [1.165, 1.54) is 33.3 Å². The summed E-state index contributed by atoms with van der Waals surface area (Å²) in [5.74, 6) is 0.475. The second-order valence-electron chi connectivity index (χ2n) is 12.6. The maximum Gasteiger partial charge on any atom is 0.252 e. The zero-order chi connectivity index (χ0) is 38.5. The summed E-state index contributed by atoms with van der Waals surface area (Å²) < 4.78 is 24.3. The quantitative estimate of drug-likeness (QED) is 0.196. The van der Waals surface area contributed by atoms with Gasteiger partial charge in [-0.1, -0.05) is 30.3 Å². The predicted octanol–water partition coefficient (Wildman–Crippen LogP) is 2.26. The molecule has 4 N–H and O–H groups in total. The van der Waals surface area contributed by atoms with Crippen molar-refractivity contribution in [1.82, 2.24) is 35.7 Å². The molecule has 0 aliphatic carbocycles. The van der Waals surface area contributed by atoms with Crippen molar-refractivity contribution in [3.8, 4) is 28.7 Å². The summed E-state index contributed by atoms with van der Waals surface area (Å²) in [7, 11) is 4.49. The Hall–Kier alpha value is -6.09. The highest BCUT2D eigenvalue weighted by Gasteiger charge is 2.26. The number of nitrogens with one attached hydrogen (secondary N) is 4. The molecule has 2 bridgehead atoms. The Kier molecular flexibility index (Phi) is 13.9. The highest BCUT2D eigenvalue weighted by molar-refractivity contribution is 5.99. The summed E-state index contributed by atoms with van der Waals surface area (Å²) in [4.78, 5) is 60.2. The van der Waals surface area contributed by atoms with E-state index in [4.69, 9.17) is 18.9 Å². The molecule has 0 unspecified atom stereocenters. The van der Waals surface area contributed by atoms with Crippen LogP contribution in [0.4, 0.5) is 0 Å². The number of hydrogen-bond acceptors (Lipinski definition) is 10. The molecule has 6 rings (SSSR count). The van der Waals surface area contributed by atoms with Crippen molar-refractivity contribution in [1.29, 1.82) is 0 Å². The van der Waals surface area contributed by atoms with Gasteiger partial charge in [0.25, 0.3) is 5.91 Å². The Morgan fingerprint density at radius 1 is 0.852 bits per heavy atom. The molecule has 3 aromatic carbocycles. The average Bonchev–Trinajstić information content (AvgIpc) is 3.65. The van der Waals surface area contributed by atoms with Crippen LogP contribution in [0.15, 0.2) is 79.1 Å². The molecule has 0 radical (unpaired) electrons.